The summed E-state index contributed by atoms with van der Waals surface area (Å²) >= 11 is 1.44. The van der Waals surface area contributed by atoms with E-state index in [0.717, 1.165) is 0 Å². The standard InChI is InChI=1S/C13H18N2O4S2/c1-15(11-4-7-21(18,19)9-11)12(16)2-5-14-13(17)10-3-6-20-8-10/h3,6,8,11H,2,4-5,7,9H2,1H3,(H,14,17). The van der Waals surface area contributed by atoms with Crippen molar-refractivity contribution in [3.05, 3.63) is 22.4 Å². The summed E-state index contributed by atoms with van der Waals surface area (Å²) in [7, 11) is -1.38. The van der Waals surface area contributed by atoms with Crippen molar-refractivity contribution in [2.24, 2.45) is 0 Å². The number of hydrogen-bond donors (Lipinski definition) is 1. The smallest absolute Gasteiger partial charge is 0.252 e. The molecular weight excluding hydrogens is 312 g/mol. The minimum Gasteiger partial charge on any atom is -0.351 e. The Morgan fingerprint density at radius 3 is 2.81 bits per heavy atom. The first-order valence-corrected chi connectivity index (χ1v) is 9.42. The zero-order valence-corrected chi connectivity index (χ0v) is 13.4. The number of thiophene rings is 1. The van der Waals surface area contributed by atoms with Gasteiger partial charge < -0.3 is 10.2 Å². The summed E-state index contributed by atoms with van der Waals surface area (Å²) in [4.78, 5) is 25.2. The van der Waals surface area contributed by atoms with Crippen molar-refractivity contribution in [1.29, 1.82) is 0 Å². The van der Waals surface area contributed by atoms with Gasteiger partial charge in [0.1, 0.15) is 0 Å². The van der Waals surface area contributed by atoms with E-state index in [-0.39, 0.29) is 42.3 Å². The number of carbonyl (C=O) groups is 2. The van der Waals surface area contributed by atoms with Crippen molar-refractivity contribution in [1.82, 2.24) is 10.2 Å². The maximum atomic E-state index is 12.0. The Kier molecular flexibility index (Phi) is 5.00. The molecule has 2 rings (SSSR count). The van der Waals surface area contributed by atoms with Crippen molar-refractivity contribution < 1.29 is 18.0 Å². The molecule has 8 heteroatoms. The van der Waals surface area contributed by atoms with Crippen LogP contribution in [0.4, 0.5) is 0 Å². The highest BCUT2D eigenvalue weighted by Crippen LogP contribution is 2.17. The maximum Gasteiger partial charge on any atom is 0.252 e. The molecule has 2 amide bonds. The van der Waals surface area contributed by atoms with E-state index in [2.05, 4.69) is 5.32 Å². The van der Waals surface area contributed by atoms with Crippen LogP contribution in [0, 0.1) is 0 Å². The molecule has 1 saturated heterocycles. The third kappa shape index (κ3) is 4.28. The van der Waals surface area contributed by atoms with Crippen molar-refractivity contribution in [2.45, 2.75) is 18.9 Å². The van der Waals surface area contributed by atoms with Crippen molar-refractivity contribution in [3.63, 3.8) is 0 Å². The predicted octanol–water partition coefficient (Wildman–Crippen LogP) is 0.513. The molecule has 1 N–H and O–H groups in total. The molecule has 1 aliphatic heterocycles. The topological polar surface area (TPSA) is 83.6 Å². The number of nitrogens with zero attached hydrogens (tertiary/aromatic N) is 1. The van der Waals surface area contributed by atoms with Crippen LogP contribution in [0.1, 0.15) is 23.2 Å². The summed E-state index contributed by atoms with van der Waals surface area (Å²) in [5.41, 5.74) is 0.586. The van der Waals surface area contributed by atoms with Gasteiger partial charge >= 0.3 is 0 Å². The summed E-state index contributed by atoms with van der Waals surface area (Å²) < 4.78 is 22.8. The molecule has 2 heterocycles. The van der Waals surface area contributed by atoms with E-state index in [9.17, 15) is 18.0 Å². The Morgan fingerprint density at radius 1 is 1.48 bits per heavy atom. The van der Waals surface area contributed by atoms with Crippen molar-refractivity contribution in [2.75, 3.05) is 25.1 Å². The number of rotatable bonds is 5. The molecule has 0 spiro atoms. The van der Waals surface area contributed by atoms with E-state index in [0.29, 0.717) is 12.0 Å². The lowest BCUT2D eigenvalue weighted by molar-refractivity contribution is -0.131. The fourth-order valence-corrected chi connectivity index (χ4v) is 4.65. The Balaban J connectivity index is 1.76. The van der Waals surface area contributed by atoms with Gasteiger partial charge in [-0.1, -0.05) is 0 Å². The van der Waals surface area contributed by atoms with E-state index in [1.165, 1.54) is 16.2 Å². The molecule has 0 saturated carbocycles. The van der Waals surface area contributed by atoms with Crippen molar-refractivity contribution in [3.8, 4) is 0 Å². The van der Waals surface area contributed by atoms with Gasteiger partial charge in [0, 0.05) is 37.0 Å². The number of carbonyl (C=O) groups excluding carboxylic acids is 2. The van der Waals surface area contributed by atoms with Crippen LogP contribution in [0.3, 0.4) is 0 Å². The predicted molar refractivity (Wildman–Crippen MR) is 81.1 cm³/mol. The van der Waals surface area contributed by atoms with Gasteiger partial charge in [0.2, 0.25) is 5.91 Å². The first-order valence-electron chi connectivity index (χ1n) is 6.65. The summed E-state index contributed by atoms with van der Waals surface area (Å²) in [6.07, 6.45) is 0.661. The van der Waals surface area contributed by atoms with Crippen LogP contribution in [-0.2, 0) is 14.6 Å². The lowest BCUT2D eigenvalue weighted by Crippen LogP contribution is -2.39. The Morgan fingerprint density at radius 2 is 2.24 bits per heavy atom. The molecule has 1 aromatic rings. The number of nitrogens with one attached hydrogen (secondary N) is 1. The zero-order valence-electron chi connectivity index (χ0n) is 11.7. The molecule has 0 aromatic carbocycles. The molecule has 1 unspecified atom stereocenters. The van der Waals surface area contributed by atoms with E-state index >= 15 is 0 Å². The summed E-state index contributed by atoms with van der Waals surface area (Å²) in [5, 5.41) is 6.24. The molecule has 0 aliphatic carbocycles. The summed E-state index contributed by atoms with van der Waals surface area (Å²) in [6.45, 7) is 0.247. The van der Waals surface area contributed by atoms with Crippen LogP contribution < -0.4 is 5.32 Å². The lowest BCUT2D eigenvalue weighted by atomic mass is 10.2. The summed E-state index contributed by atoms with van der Waals surface area (Å²) in [5.74, 6) is -0.168. The van der Waals surface area contributed by atoms with E-state index in [1.54, 1.807) is 18.5 Å². The average molecular weight is 330 g/mol. The third-order valence-electron chi connectivity index (χ3n) is 3.56. The molecule has 6 nitrogen and oxygen atoms in total. The second-order valence-electron chi connectivity index (χ2n) is 5.08. The minimum absolute atomic E-state index is 0.0382. The number of amides is 2. The molecule has 116 valence electrons. The molecule has 1 atom stereocenters. The van der Waals surface area contributed by atoms with Crippen LogP contribution in [0.25, 0.3) is 0 Å². The molecular formula is C13H18N2O4S2. The largest absolute Gasteiger partial charge is 0.351 e. The Bertz CT molecular complexity index is 610. The maximum absolute atomic E-state index is 12.0. The second kappa shape index (κ2) is 6.57. The molecule has 0 radical (unpaired) electrons. The SMILES string of the molecule is CN(C(=O)CCNC(=O)c1ccsc1)C1CCS(=O)(=O)C1. The number of sulfone groups is 1. The molecule has 0 bridgehead atoms. The zero-order chi connectivity index (χ0) is 15.5. The van der Waals surface area contributed by atoms with E-state index in [1.807, 2.05) is 5.38 Å². The van der Waals surface area contributed by atoms with E-state index in [4.69, 9.17) is 0 Å². The van der Waals surface area contributed by atoms with Crippen molar-refractivity contribution >= 4 is 33.0 Å². The van der Waals surface area contributed by atoms with Gasteiger partial charge in [0.25, 0.3) is 5.91 Å². The van der Waals surface area contributed by atoms with E-state index < -0.39 is 9.84 Å². The lowest BCUT2D eigenvalue weighted by Gasteiger charge is -2.23. The van der Waals surface area contributed by atoms with Gasteiger partial charge in [-0.05, 0) is 17.9 Å². The average Bonchev–Trinajstić information content (AvgIpc) is 3.06. The van der Waals surface area contributed by atoms with Gasteiger partial charge in [-0.15, -0.1) is 0 Å². The fraction of sp³-hybridized carbons (Fsp3) is 0.538. The Hall–Kier alpha value is -1.41. The minimum atomic E-state index is -3.00. The van der Waals surface area contributed by atoms with Gasteiger partial charge in [0.15, 0.2) is 9.84 Å². The van der Waals surface area contributed by atoms with Crippen LogP contribution in [0.15, 0.2) is 16.8 Å². The highest BCUT2D eigenvalue weighted by molar-refractivity contribution is 7.91. The monoisotopic (exact) mass is 330 g/mol. The van der Waals surface area contributed by atoms with Crippen LogP contribution in [-0.4, -0.2) is 56.3 Å². The fourth-order valence-electron chi connectivity index (χ4n) is 2.24. The molecule has 1 aromatic heterocycles. The van der Waals surface area contributed by atoms with Crippen LogP contribution in [0.2, 0.25) is 0 Å². The quantitative estimate of drug-likeness (QED) is 0.853. The van der Waals surface area contributed by atoms with Gasteiger partial charge in [-0.2, -0.15) is 11.3 Å². The first-order chi connectivity index (χ1) is 9.89. The second-order valence-corrected chi connectivity index (χ2v) is 8.09. The Labute approximate surface area is 128 Å². The van der Waals surface area contributed by atoms with Gasteiger partial charge in [-0.3, -0.25) is 9.59 Å². The highest BCUT2D eigenvalue weighted by Gasteiger charge is 2.32. The molecule has 1 fully saturated rings. The molecule has 1 aliphatic rings. The number of hydrogen-bond acceptors (Lipinski definition) is 5. The van der Waals surface area contributed by atoms with Gasteiger partial charge in [-0.25, -0.2) is 8.42 Å². The normalized spacial score (nSPS) is 20.1. The summed E-state index contributed by atoms with van der Waals surface area (Å²) in [6, 6.07) is 1.48. The molecule has 21 heavy (non-hydrogen) atoms. The first kappa shape index (κ1) is 16.0. The third-order valence-corrected chi connectivity index (χ3v) is 5.99. The highest BCUT2D eigenvalue weighted by atomic mass is 32.2. The van der Waals surface area contributed by atoms with Crippen LogP contribution in [0.5, 0.6) is 0 Å². The van der Waals surface area contributed by atoms with Crippen LogP contribution >= 0.6 is 11.3 Å². The van der Waals surface area contributed by atoms with Gasteiger partial charge in [0.05, 0.1) is 11.5 Å².